The second kappa shape index (κ2) is 9.85. The molecule has 0 fully saturated rings. The molecule has 0 spiro atoms. The Morgan fingerprint density at radius 2 is 1.88 bits per heavy atom. The highest BCUT2D eigenvalue weighted by Gasteiger charge is 2.36. The number of halogens is 2. The molecular weight excluding hydrogens is 432 g/mol. The predicted molar refractivity (Wildman–Crippen MR) is 124 cm³/mol. The van der Waals surface area contributed by atoms with Crippen molar-refractivity contribution in [2.45, 2.75) is 26.8 Å². The van der Waals surface area contributed by atoms with Gasteiger partial charge in [-0.25, -0.2) is 13.6 Å². The number of allylic oxidation sites excluding steroid dienone is 2. The number of hydrogen-bond donors (Lipinski definition) is 1. The van der Waals surface area contributed by atoms with Gasteiger partial charge < -0.3 is 15.2 Å². The number of benzene rings is 1. The SMILES string of the molecule is CCCN1C(=O)N(c2c(F)c(OC)cc(OC)c2F)Cc2cnc(C(C=NC)=C(C)N)cc21. The van der Waals surface area contributed by atoms with Crippen molar-refractivity contribution in [3.63, 3.8) is 0 Å². The van der Waals surface area contributed by atoms with E-state index in [1.807, 2.05) is 6.92 Å². The number of urea groups is 1. The molecule has 2 heterocycles. The van der Waals surface area contributed by atoms with Crippen LogP contribution in [0.5, 0.6) is 11.5 Å². The molecule has 1 aliphatic heterocycles. The number of fused-ring (bicyclic) bond motifs is 1. The first-order valence-electron chi connectivity index (χ1n) is 10.4. The number of aromatic nitrogens is 1. The number of methoxy groups -OCH3 is 2. The average Bonchev–Trinajstić information content (AvgIpc) is 2.80. The highest BCUT2D eigenvalue weighted by atomic mass is 19.1. The Kier molecular flexibility index (Phi) is 7.15. The first kappa shape index (κ1) is 24.0. The number of nitrogens with zero attached hydrogens (tertiary/aromatic N) is 4. The van der Waals surface area contributed by atoms with Crippen LogP contribution >= 0.6 is 0 Å². The van der Waals surface area contributed by atoms with E-state index in [-0.39, 0.29) is 18.0 Å². The van der Waals surface area contributed by atoms with E-state index < -0.39 is 23.4 Å². The van der Waals surface area contributed by atoms with Crippen LogP contribution in [0.4, 0.5) is 25.0 Å². The van der Waals surface area contributed by atoms with E-state index in [9.17, 15) is 4.79 Å². The molecule has 2 amide bonds. The molecule has 0 saturated carbocycles. The number of nitrogens with two attached hydrogens (primary N) is 1. The van der Waals surface area contributed by atoms with Gasteiger partial charge in [-0.05, 0) is 19.4 Å². The van der Waals surface area contributed by atoms with Gasteiger partial charge >= 0.3 is 6.03 Å². The van der Waals surface area contributed by atoms with Gasteiger partial charge in [0.05, 0.1) is 32.1 Å². The van der Waals surface area contributed by atoms with Crippen molar-refractivity contribution >= 4 is 29.2 Å². The Morgan fingerprint density at radius 1 is 1.24 bits per heavy atom. The highest BCUT2D eigenvalue weighted by molar-refractivity contribution is 6.11. The molecule has 1 aromatic heterocycles. The molecule has 0 radical (unpaired) electrons. The molecule has 33 heavy (non-hydrogen) atoms. The van der Waals surface area contributed by atoms with Gasteiger partial charge in [0, 0.05) is 48.9 Å². The molecule has 1 aliphatic rings. The molecule has 0 aliphatic carbocycles. The zero-order valence-corrected chi connectivity index (χ0v) is 19.3. The van der Waals surface area contributed by atoms with Gasteiger partial charge in [-0.15, -0.1) is 0 Å². The summed E-state index contributed by atoms with van der Waals surface area (Å²) < 4.78 is 40.4. The van der Waals surface area contributed by atoms with Crippen LogP contribution in [0, 0.1) is 11.6 Å². The van der Waals surface area contributed by atoms with E-state index in [1.165, 1.54) is 19.1 Å². The van der Waals surface area contributed by atoms with Crippen molar-refractivity contribution in [1.29, 1.82) is 0 Å². The van der Waals surface area contributed by atoms with E-state index in [1.54, 1.807) is 32.4 Å². The third-order valence-electron chi connectivity index (χ3n) is 5.27. The molecule has 0 unspecified atom stereocenters. The zero-order valence-electron chi connectivity index (χ0n) is 19.3. The summed E-state index contributed by atoms with van der Waals surface area (Å²) in [5.74, 6) is -2.44. The third kappa shape index (κ3) is 4.33. The van der Waals surface area contributed by atoms with Crippen LogP contribution in [0.25, 0.3) is 5.57 Å². The number of hydrogen-bond acceptors (Lipinski definition) is 6. The second-order valence-corrected chi connectivity index (χ2v) is 7.46. The van der Waals surface area contributed by atoms with Crippen LogP contribution in [-0.2, 0) is 6.54 Å². The number of carbonyl (C=O) groups is 1. The molecule has 2 N–H and O–H groups in total. The Hall–Kier alpha value is -3.69. The first-order chi connectivity index (χ1) is 15.8. The van der Waals surface area contributed by atoms with Crippen LogP contribution < -0.4 is 25.0 Å². The molecule has 10 heteroatoms. The maximum Gasteiger partial charge on any atom is 0.329 e. The maximum atomic E-state index is 15.2. The number of anilines is 2. The normalized spacial score (nSPS) is 14.5. The lowest BCUT2D eigenvalue weighted by molar-refractivity contribution is 0.249. The largest absolute Gasteiger partial charge is 0.493 e. The van der Waals surface area contributed by atoms with Crippen LogP contribution in [-0.4, -0.2) is 45.0 Å². The third-order valence-corrected chi connectivity index (χ3v) is 5.27. The maximum absolute atomic E-state index is 15.2. The van der Waals surface area contributed by atoms with Crippen molar-refractivity contribution in [3.8, 4) is 11.5 Å². The van der Waals surface area contributed by atoms with Crippen LogP contribution in [0.2, 0.25) is 0 Å². The standard InChI is InChI=1S/C23H27F2N5O3/c1-6-7-29-17-8-16(15(11-27-3)13(2)26)28-10-14(17)12-30(23(29)31)22-20(24)18(32-4)9-19(33-5)21(22)25/h8-11H,6-7,12,26H2,1-5H3. The Morgan fingerprint density at radius 3 is 2.39 bits per heavy atom. The fourth-order valence-electron chi connectivity index (χ4n) is 3.70. The van der Waals surface area contributed by atoms with Gasteiger partial charge in [0.1, 0.15) is 5.69 Å². The minimum absolute atomic E-state index is 0.0889. The Balaban J connectivity index is 2.18. The van der Waals surface area contributed by atoms with E-state index in [2.05, 4.69) is 9.98 Å². The number of carbonyl (C=O) groups excluding carboxylic acids is 1. The topological polar surface area (TPSA) is 93.3 Å². The summed E-state index contributed by atoms with van der Waals surface area (Å²) >= 11 is 0. The fourth-order valence-corrected chi connectivity index (χ4v) is 3.70. The van der Waals surface area contributed by atoms with E-state index in [0.29, 0.717) is 41.2 Å². The number of pyridine rings is 1. The predicted octanol–water partition coefficient (Wildman–Crippen LogP) is 4.12. The Labute approximate surface area is 191 Å². The van der Waals surface area contributed by atoms with Gasteiger partial charge in [0.25, 0.3) is 0 Å². The summed E-state index contributed by atoms with van der Waals surface area (Å²) in [6, 6.07) is 2.27. The lowest BCUT2D eigenvalue weighted by Crippen LogP contribution is -2.48. The number of ether oxygens (including phenoxy) is 2. The van der Waals surface area contributed by atoms with E-state index >= 15 is 8.78 Å². The minimum Gasteiger partial charge on any atom is -0.493 e. The van der Waals surface area contributed by atoms with Gasteiger partial charge in [0.15, 0.2) is 23.1 Å². The molecule has 176 valence electrons. The van der Waals surface area contributed by atoms with Crippen LogP contribution in [0.15, 0.2) is 29.0 Å². The summed E-state index contributed by atoms with van der Waals surface area (Å²) in [7, 11) is 4.13. The van der Waals surface area contributed by atoms with Crippen molar-refractivity contribution in [2.24, 2.45) is 10.7 Å². The summed E-state index contributed by atoms with van der Waals surface area (Å²) in [6.07, 6.45) is 3.79. The van der Waals surface area contributed by atoms with Crippen LogP contribution in [0.3, 0.4) is 0 Å². The van der Waals surface area contributed by atoms with Gasteiger partial charge in [-0.2, -0.15) is 0 Å². The summed E-state index contributed by atoms with van der Waals surface area (Å²) in [4.78, 5) is 24.5. The second-order valence-electron chi connectivity index (χ2n) is 7.46. The van der Waals surface area contributed by atoms with Gasteiger partial charge in [0.2, 0.25) is 0 Å². The molecule has 2 aromatic rings. The average molecular weight is 459 g/mol. The molecule has 8 nitrogen and oxygen atoms in total. The number of rotatable bonds is 7. The van der Waals surface area contributed by atoms with E-state index in [4.69, 9.17) is 15.2 Å². The van der Waals surface area contributed by atoms with Gasteiger partial charge in [-0.3, -0.25) is 19.8 Å². The highest BCUT2D eigenvalue weighted by Crippen LogP contribution is 2.41. The van der Waals surface area contributed by atoms with Crippen molar-refractivity contribution in [2.75, 3.05) is 37.6 Å². The molecule has 0 bridgehead atoms. The summed E-state index contributed by atoms with van der Waals surface area (Å²) in [5, 5.41) is 0. The molecule has 0 saturated heterocycles. The van der Waals surface area contributed by atoms with Crippen molar-refractivity contribution < 1.29 is 23.0 Å². The zero-order chi connectivity index (χ0) is 24.3. The van der Waals surface area contributed by atoms with Crippen molar-refractivity contribution in [3.05, 3.63) is 46.9 Å². The molecular formula is C23H27F2N5O3. The molecule has 3 rings (SSSR count). The molecule has 1 aromatic carbocycles. The van der Waals surface area contributed by atoms with E-state index in [0.717, 1.165) is 11.0 Å². The number of amides is 2. The fraction of sp³-hybridized carbons (Fsp3) is 0.348. The summed E-state index contributed by atoms with van der Waals surface area (Å²) in [6.45, 7) is 3.88. The first-order valence-corrected chi connectivity index (χ1v) is 10.4. The lowest BCUT2D eigenvalue weighted by Gasteiger charge is -2.37. The molecule has 0 atom stereocenters. The van der Waals surface area contributed by atoms with Gasteiger partial charge in [-0.1, -0.05) is 6.92 Å². The van der Waals surface area contributed by atoms with Crippen molar-refractivity contribution in [1.82, 2.24) is 4.98 Å². The number of aliphatic imine (C=N–C) groups is 1. The van der Waals surface area contributed by atoms with Crippen LogP contribution in [0.1, 0.15) is 31.5 Å². The summed E-state index contributed by atoms with van der Waals surface area (Å²) in [5.41, 5.74) is 8.36. The lowest BCUT2D eigenvalue weighted by atomic mass is 10.0. The minimum atomic E-state index is -0.989. The quantitative estimate of drug-likeness (QED) is 0.629. The Bertz CT molecular complexity index is 1100. The smallest absolute Gasteiger partial charge is 0.329 e. The monoisotopic (exact) mass is 459 g/mol.